The maximum atomic E-state index is 11.9. The van der Waals surface area contributed by atoms with E-state index in [0.29, 0.717) is 13.1 Å². The molecule has 0 radical (unpaired) electrons. The summed E-state index contributed by atoms with van der Waals surface area (Å²) in [5.74, 6) is -0.0659. The molecule has 0 aliphatic carbocycles. The van der Waals surface area contributed by atoms with Crippen molar-refractivity contribution in [3.8, 4) is 0 Å². The molecule has 5 heteroatoms. The van der Waals surface area contributed by atoms with Crippen LogP contribution in [0.4, 0.5) is 5.69 Å². The van der Waals surface area contributed by atoms with Crippen molar-refractivity contribution >= 4 is 27.5 Å². The summed E-state index contributed by atoms with van der Waals surface area (Å²) in [6.07, 6.45) is 0.961. The van der Waals surface area contributed by atoms with Crippen LogP contribution in [0.5, 0.6) is 0 Å². The number of hydrogen-bond donors (Lipinski definition) is 2. The number of carbonyl (C=O) groups excluding carboxylic acids is 1. The molecule has 0 bridgehead atoms. The highest BCUT2D eigenvalue weighted by Gasteiger charge is 2.10. The van der Waals surface area contributed by atoms with Crippen LogP contribution in [-0.4, -0.2) is 42.2 Å². The molecule has 0 aliphatic rings. The molecule has 2 N–H and O–H groups in total. The Labute approximate surface area is 116 Å². The number of para-hydroxylation sites is 1. The molecule has 0 aromatic heterocycles. The molecular formula is C13H19BrN2O2. The van der Waals surface area contributed by atoms with E-state index >= 15 is 0 Å². The van der Waals surface area contributed by atoms with Crippen molar-refractivity contribution in [2.45, 2.75) is 13.3 Å². The van der Waals surface area contributed by atoms with E-state index in [2.05, 4.69) is 28.2 Å². The molecule has 18 heavy (non-hydrogen) atoms. The van der Waals surface area contributed by atoms with Crippen molar-refractivity contribution < 1.29 is 9.90 Å². The van der Waals surface area contributed by atoms with Crippen LogP contribution in [0, 0.1) is 0 Å². The minimum Gasteiger partial charge on any atom is -0.395 e. The zero-order chi connectivity index (χ0) is 13.4. The third kappa shape index (κ3) is 5.16. The highest BCUT2D eigenvalue weighted by atomic mass is 79.9. The third-order valence-electron chi connectivity index (χ3n) is 2.47. The molecule has 0 spiro atoms. The van der Waals surface area contributed by atoms with Crippen LogP contribution in [0.25, 0.3) is 0 Å². The summed E-state index contributed by atoms with van der Waals surface area (Å²) in [6.45, 7) is 3.76. The zero-order valence-corrected chi connectivity index (χ0v) is 12.1. The highest BCUT2D eigenvalue weighted by Crippen LogP contribution is 2.20. The molecule has 0 fully saturated rings. The van der Waals surface area contributed by atoms with Gasteiger partial charge in [0.05, 0.1) is 18.8 Å². The van der Waals surface area contributed by atoms with E-state index in [-0.39, 0.29) is 12.5 Å². The molecule has 100 valence electrons. The Bertz CT molecular complexity index is 379. The average Bonchev–Trinajstić information content (AvgIpc) is 2.33. The molecule has 0 saturated carbocycles. The summed E-state index contributed by atoms with van der Waals surface area (Å²) >= 11 is 3.38. The molecule has 1 amide bonds. The smallest absolute Gasteiger partial charge is 0.238 e. The Kier molecular flexibility index (Phi) is 6.93. The van der Waals surface area contributed by atoms with E-state index in [1.54, 1.807) is 0 Å². The first-order valence-corrected chi connectivity index (χ1v) is 6.84. The summed E-state index contributed by atoms with van der Waals surface area (Å²) in [5.41, 5.74) is 0.767. The molecule has 1 rings (SSSR count). The number of nitrogens with one attached hydrogen (secondary N) is 1. The standard InChI is InChI=1S/C13H19BrN2O2/c1-2-7-16(8-9-17)10-13(18)15-12-6-4-3-5-11(12)14/h3-6,17H,2,7-10H2,1H3,(H,15,18). The maximum absolute atomic E-state index is 11.9. The second-order valence-corrected chi connectivity index (χ2v) is 4.88. The van der Waals surface area contributed by atoms with Gasteiger partial charge < -0.3 is 10.4 Å². The van der Waals surface area contributed by atoms with Gasteiger partial charge in [0, 0.05) is 11.0 Å². The van der Waals surface area contributed by atoms with Gasteiger partial charge in [0.2, 0.25) is 5.91 Å². The summed E-state index contributed by atoms with van der Waals surface area (Å²) in [6, 6.07) is 7.50. The summed E-state index contributed by atoms with van der Waals surface area (Å²) < 4.78 is 0.863. The number of anilines is 1. The van der Waals surface area contributed by atoms with Crippen molar-refractivity contribution in [2.24, 2.45) is 0 Å². The lowest BCUT2D eigenvalue weighted by atomic mass is 10.3. The van der Waals surface area contributed by atoms with Gasteiger partial charge in [-0.25, -0.2) is 0 Å². The van der Waals surface area contributed by atoms with Gasteiger partial charge in [0.15, 0.2) is 0 Å². The summed E-state index contributed by atoms with van der Waals surface area (Å²) in [5, 5.41) is 11.8. The largest absolute Gasteiger partial charge is 0.395 e. The fourth-order valence-corrected chi connectivity index (χ4v) is 2.07. The second-order valence-electron chi connectivity index (χ2n) is 4.03. The van der Waals surface area contributed by atoms with Crippen LogP contribution >= 0.6 is 15.9 Å². The lowest BCUT2D eigenvalue weighted by molar-refractivity contribution is -0.117. The van der Waals surface area contributed by atoms with Crippen molar-refractivity contribution in [1.82, 2.24) is 4.90 Å². The Morgan fingerprint density at radius 2 is 2.11 bits per heavy atom. The van der Waals surface area contributed by atoms with E-state index in [1.807, 2.05) is 29.2 Å². The first-order valence-electron chi connectivity index (χ1n) is 6.05. The third-order valence-corrected chi connectivity index (χ3v) is 3.16. The first kappa shape index (κ1) is 15.1. The van der Waals surface area contributed by atoms with Gasteiger partial charge in [0.25, 0.3) is 0 Å². The van der Waals surface area contributed by atoms with E-state index in [0.717, 1.165) is 23.1 Å². The zero-order valence-electron chi connectivity index (χ0n) is 10.5. The molecule has 0 saturated heterocycles. The van der Waals surface area contributed by atoms with E-state index in [9.17, 15) is 4.79 Å². The van der Waals surface area contributed by atoms with Crippen molar-refractivity contribution in [1.29, 1.82) is 0 Å². The Morgan fingerprint density at radius 1 is 1.39 bits per heavy atom. The predicted molar refractivity (Wildman–Crippen MR) is 76.6 cm³/mol. The van der Waals surface area contributed by atoms with Crippen molar-refractivity contribution in [2.75, 3.05) is 31.6 Å². The minimum absolute atomic E-state index is 0.0659. The summed E-state index contributed by atoms with van der Waals surface area (Å²) in [7, 11) is 0. The van der Waals surface area contributed by atoms with Gasteiger partial charge in [-0.1, -0.05) is 19.1 Å². The number of benzene rings is 1. The molecule has 4 nitrogen and oxygen atoms in total. The van der Waals surface area contributed by atoms with E-state index in [4.69, 9.17) is 5.11 Å². The van der Waals surface area contributed by atoms with Gasteiger partial charge in [-0.15, -0.1) is 0 Å². The lowest BCUT2D eigenvalue weighted by Gasteiger charge is -2.19. The molecule has 0 heterocycles. The van der Waals surface area contributed by atoms with Gasteiger partial charge >= 0.3 is 0 Å². The fourth-order valence-electron chi connectivity index (χ4n) is 1.68. The van der Waals surface area contributed by atoms with E-state index in [1.165, 1.54) is 0 Å². The SMILES string of the molecule is CCCN(CCO)CC(=O)Nc1ccccc1Br. The molecular weight excluding hydrogens is 296 g/mol. The van der Waals surface area contributed by atoms with Gasteiger partial charge in [-0.05, 0) is 41.0 Å². The van der Waals surface area contributed by atoms with Gasteiger partial charge in [-0.2, -0.15) is 0 Å². The van der Waals surface area contributed by atoms with Crippen LogP contribution in [0.2, 0.25) is 0 Å². The van der Waals surface area contributed by atoms with Gasteiger partial charge in [-0.3, -0.25) is 9.69 Å². The number of aliphatic hydroxyl groups excluding tert-OH is 1. The number of carbonyl (C=O) groups is 1. The first-order chi connectivity index (χ1) is 8.67. The lowest BCUT2D eigenvalue weighted by Crippen LogP contribution is -2.35. The maximum Gasteiger partial charge on any atom is 0.238 e. The number of hydrogen-bond acceptors (Lipinski definition) is 3. The topological polar surface area (TPSA) is 52.6 Å². The Morgan fingerprint density at radius 3 is 2.72 bits per heavy atom. The fraction of sp³-hybridized carbons (Fsp3) is 0.462. The molecule has 1 aromatic carbocycles. The number of amides is 1. The number of nitrogens with zero attached hydrogens (tertiary/aromatic N) is 1. The van der Waals surface area contributed by atoms with Crippen molar-refractivity contribution in [3.63, 3.8) is 0 Å². The molecule has 0 unspecified atom stereocenters. The van der Waals surface area contributed by atoms with Crippen LogP contribution in [0.3, 0.4) is 0 Å². The predicted octanol–water partition coefficient (Wildman–Crippen LogP) is 2.09. The van der Waals surface area contributed by atoms with Crippen molar-refractivity contribution in [3.05, 3.63) is 28.7 Å². The van der Waals surface area contributed by atoms with Gasteiger partial charge in [0.1, 0.15) is 0 Å². The number of aliphatic hydroxyl groups is 1. The monoisotopic (exact) mass is 314 g/mol. The summed E-state index contributed by atoms with van der Waals surface area (Å²) in [4.78, 5) is 13.8. The molecule has 0 atom stereocenters. The van der Waals surface area contributed by atoms with Crippen LogP contribution in [0.1, 0.15) is 13.3 Å². The Hall–Kier alpha value is -0.910. The average molecular weight is 315 g/mol. The van der Waals surface area contributed by atoms with Crippen LogP contribution in [-0.2, 0) is 4.79 Å². The highest BCUT2D eigenvalue weighted by molar-refractivity contribution is 9.10. The minimum atomic E-state index is -0.0659. The Balaban J connectivity index is 2.52. The van der Waals surface area contributed by atoms with E-state index < -0.39 is 0 Å². The normalized spacial score (nSPS) is 10.7. The quantitative estimate of drug-likeness (QED) is 0.810. The molecule has 0 aliphatic heterocycles. The number of rotatable bonds is 7. The molecule has 1 aromatic rings. The second kappa shape index (κ2) is 8.24. The van der Waals surface area contributed by atoms with Crippen LogP contribution < -0.4 is 5.32 Å². The number of halogens is 1. The van der Waals surface area contributed by atoms with Crippen LogP contribution in [0.15, 0.2) is 28.7 Å².